The van der Waals surface area contributed by atoms with Crippen molar-refractivity contribution in [2.24, 2.45) is 5.73 Å². The zero-order chi connectivity index (χ0) is 13.1. The highest BCUT2D eigenvalue weighted by atomic mass is 79.9. The summed E-state index contributed by atoms with van der Waals surface area (Å²) in [4.78, 5) is 2.19. The summed E-state index contributed by atoms with van der Waals surface area (Å²) >= 11 is 3.27. The largest absolute Gasteiger partial charge is 0.380 e. The van der Waals surface area contributed by atoms with Crippen molar-refractivity contribution in [2.75, 3.05) is 26.7 Å². The van der Waals surface area contributed by atoms with Crippen LogP contribution in [0.1, 0.15) is 18.0 Å². The van der Waals surface area contributed by atoms with Gasteiger partial charge in [0.1, 0.15) is 5.82 Å². The molecule has 1 aromatic carbocycles. The van der Waals surface area contributed by atoms with E-state index in [0.29, 0.717) is 12.1 Å². The van der Waals surface area contributed by atoms with Crippen LogP contribution in [-0.2, 0) is 4.74 Å². The summed E-state index contributed by atoms with van der Waals surface area (Å²) in [7, 11) is 1.71. The van der Waals surface area contributed by atoms with E-state index in [1.54, 1.807) is 13.2 Å². The number of nitrogens with zero attached hydrogens (tertiary/aromatic N) is 1. The third-order valence-corrected chi connectivity index (χ3v) is 3.99. The Morgan fingerprint density at radius 2 is 2.39 bits per heavy atom. The third-order valence-electron chi connectivity index (χ3n) is 3.50. The summed E-state index contributed by atoms with van der Waals surface area (Å²) in [5, 5.41) is 0. The Kier molecular flexibility index (Phi) is 4.72. The molecule has 2 unspecified atom stereocenters. The maximum Gasteiger partial charge on any atom is 0.129 e. The molecular weight excluding hydrogens is 299 g/mol. The van der Waals surface area contributed by atoms with Crippen molar-refractivity contribution in [3.63, 3.8) is 0 Å². The Balaban J connectivity index is 2.18. The average molecular weight is 317 g/mol. The summed E-state index contributed by atoms with van der Waals surface area (Å²) in [6.07, 6.45) is 1.21. The molecule has 5 heteroatoms. The first-order valence-electron chi connectivity index (χ1n) is 6.07. The van der Waals surface area contributed by atoms with Crippen molar-refractivity contribution in [3.05, 3.63) is 34.1 Å². The van der Waals surface area contributed by atoms with Crippen molar-refractivity contribution in [1.82, 2.24) is 4.90 Å². The maximum atomic E-state index is 14.0. The van der Waals surface area contributed by atoms with Crippen molar-refractivity contribution < 1.29 is 9.13 Å². The highest BCUT2D eigenvalue weighted by Crippen LogP contribution is 2.28. The van der Waals surface area contributed by atoms with Gasteiger partial charge in [0.2, 0.25) is 0 Å². The summed E-state index contributed by atoms with van der Waals surface area (Å²) in [6.45, 7) is 2.12. The quantitative estimate of drug-likeness (QED) is 0.926. The van der Waals surface area contributed by atoms with E-state index in [2.05, 4.69) is 20.8 Å². The molecule has 2 N–H and O–H groups in total. The minimum Gasteiger partial charge on any atom is -0.380 e. The second-order valence-corrected chi connectivity index (χ2v) is 5.47. The molecule has 1 heterocycles. The lowest BCUT2D eigenvalue weighted by atomic mass is 10.1. The van der Waals surface area contributed by atoms with Crippen molar-refractivity contribution in [2.45, 2.75) is 18.6 Å². The Bertz CT molecular complexity index is 416. The number of hydrogen-bond acceptors (Lipinski definition) is 3. The number of methoxy groups -OCH3 is 1. The lowest BCUT2D eigenvalue weighted by molar-refractivity contribution is 0.101. The Hall–Kier alpha value is -0.490. The average Bonchev–Trinajstić information content (AvgIpc) is 2.81. The first kappa shape index (κ1) is 13.9. The molecule has 3 nitrogen and oxygen atoms in total. The molecule has 0 spiro atoms. The molecule has 1 aliphatic heterocycles. The minimum atomic E-state index is -0.208. The van der Waals surface area contributed by atoms with E-state index in [4.69, 9.17) is 10.5 Å². The molecule has 1 saturated heterocycles. The van der Waals surface area contributed by atoms with Gasteiger partial charge in [-0.3, -0.25) is 4.90 Å². The Morgan fingerprint density at radius 1 is 1.61 bits per heavy atom. The lowest BCUT2D eigenvalue weighted by Gasteiger charge is -2.27. The number of halogens is 2. The molecule has 1 fully saturated rings. The normalized spacial score (nSPS) is 22.3. The van der Waals surface area contributed by atoms with E-state index in [1.807, 2.05) is 6.07 Å². The van der Waals surface area contributed by atoms with Crippen LogP contribution in [0.4, 0.5) is 4.39 Å². The summed E-state index contributed by atoms with van der Waals surface area (Å²) < 4.78 is 20.1. The molecule has 100 valence electrons. The zero-order valence-corrected chi connectivity index (χ0v) is 12.0. The van der Waals surface area contributed by atoms with E-state index in [0.717, 1.165) is 24.0 Å². The first-order chi connectivity index (χ1) is 8.65. The maximum absolute atomic E-state index is 14.0. The van der Waals surface area contributed by atoms with Gasteiger partial charge >= 0.3 is 0 Å². The number of ether oxygens (including phenoxy) is 1. The topological polar surface area (TPSA) is 38.5 Å². The van der Waals surface area contributed by atoms with Gasteiger partial charge in [0, 0.05) is 36.8 Å². The molecule has 0 saturated carbocycles. The second kappa shape index (κ2) is 6.10. The highest BCUT2D eigenvalue weighted by molar-refractivity contribution is 9.10. The second-order valence-electron chi connectivity index (χ2n) is 4.56. The van der Waals surface area contributed by atoms with Gasteiger partial charge in [0.25, 0.3) is 0 Å². The smallest absolute Gasteiger partial charge is 0.129 e. The van der Waals surface area contributed by atoms with E-state index >= 15 is 0 Å². The number of nitrogens with two attached hydrogens (primary N) is 1. The van der Waals surface area contributed by atoms with Crippen LogP contribution in [-0.4, -0.2) is 37.7 Å². The van der Waals surface area contributed by atoms with E-state index < -0.39 is 0 Å². The predicted molar refractivity (Wildman–Crippen MR) is 72.9 cm³/mol. The summed E-state index contributed by atoms with van der Waals surface area (Å²) in [5.74, 6) is -0.208. The zero-order valence-electron chi connectivity index (χ0n) is 10.4. The fourth-order valence-electron chi connectivity index (χ4n) is 2.47. The third kappa shape index (κ3) is 2.91. The molecule has 0 bridgehead atoms. The van der Waals surface area contributed by atoms with Crippen molar-refractivity contribution in [3.8, 4) is 0 Å². The van der Waals surface area contributed by atoms with Gasteiger partial charge in [0.15, 0.2) is 0 Å². The monoisotopic (exact) mass is 316 g/mol. The number of likely N-dealkylation sites (tertiary alicyclic amines) is 1. The molecule has 1 aliphatic rings. The SMILES string of the molecule is COC1CCN(C(CN)c2ccc(Br)cc2F)C1. The van der Waals surface area contributed by atoms with Crippen LogP contribution in [0.25, 0.3) is 0 Å². The van der Waals surface area contributed by atoms with Gasteiger partial charge in [-0.05, 0) is 18.6 Å². The van der Waals surface area contributed by atoms with Crippen LogP contribution in [0.15, 0.2) is 22.7 Å². The van der Waals surface area contributed by atoms with Crippen molar-refractivity contribution >= 4 is 15.9 Å². The van der Waals surface area contributed by atoms with Gasteiger partial charge in [-0.15, -0.1) is 0 Å². The number of benzene rings is 1. The molecule has 2 rings (SSSR count). The van der Waals surface area contributed by atoms with Gasteiger partial charge in [-0.2, -0.15) is 0 Å². The molecule has 18 heavy (non-hydrogen) atoms. The number of hydrogen-bond donors (Lipinski definition) is 1. The fourth-order valence-corrected chi connectivity index (χ4v) is 2.81. The standard InChI is InChI=1S/C13H18BrFN2O/c1-18-10-4-5-17(8-10)13(7-16)11-3-2-9(14)6-12(11)15/h2-3,6,10,13H,4-5,7-8,16H2,1H3. The highest BCUT2D eigenvalue weighted by Gasteiger charge is 2.29. The van der Waals surface area contributed by atoms with Crippen LogP contribution in [0.5, 0.6) is 0 Å². The van der Waals surface area contributed by atoms with Gasteiger partial charge in [0.05, 0.1) is 12.1 Å². The van der Waals surface area contributed by atoms with Crippen molar-refractivity contribution in [1.29, 1.82) is 0 Å². The Morgan fingerprint density at radius 3 is 2.94 bits per heavy atom. The molecule has 2 atom stereocenters. The molecular formula is C13H18BrFN2O. The van der Waals surface area contributed by atoms with E-state index in [-0.39, 0.29) is 18.0 Å². The Labute approximate surface area is 115 Å². The summed E-state index contributed by atoms with van der Waals surface area (Å²) in [6, 6.07) is 5.07. The van der Waals surface area contributed by atoms with Gasteiger partial charge < -0.3 is 10.5 Å². The van der Waals surface area contributed by atoms with Gasteiger partial charge in [-0.25, -0.2) is 4.39 Å². The van der Waals surface area contributed by atoms with Gasteiger partial charge in [-0.1, -0.05) is 22.0 Å². The molecule has 0 amide bonds. The van der Waals surface area contributed by atoms with Crippen LogP contribution in [0.3, 0.4) is 0 Å². The van der Waals surface area contributed by atoms with Crippen LogP contribution < -0.4 is 5.73 Å². The number of rotatable bonds is 4. The first-order valence-corrected chi connectivity index (χ1v) is 6.87. The summed E-state index contributed by atoms with van der Waals surface area (Å²) in [5.41, 5.74) is 6.48. The van der Waals surface area contributed by atoms with Crippen LogP contribution in [0, 0.1) is 5.82 Å². The van der Waals surface area contributed by atoms with Crippen LogP contribution in [0.2, 0.25) is 0 Å². The van der Waals surface area contributed by atoms with Crippen LogP contribution >= 0.6 is 15.9 Å². The predicted octanol–water partition coefficient (Wildman–Crippen LogP) is 2.31. The fraction of sp³-hybridized carbons (Fsp3) is 0.538. The minimum absolute atomic E-state index is 0.0711. The van der Waals surface area contributed by atoms with E-state index in [1.165, 1.54) is 6.07 Å². The molecule has 1 aromatic rings. The molecule has 0 aromatic heterocycles. The van der Waals surface area contributed by atoms with E-state index in [9.17, 15) is 4.39 Å². The molecule has 0 aliphatic carbocycles. The molecule has 0 radical (unpaired) electrons. The lowest BCUT2D eigenvalue weighted by Crippen LogP contribution is -2.33.